The summed E-state index contributed by atoms with van der Waals surface area (Å²) in [7, 11) is 1.73. The second-order valence-corrected chi connectivity index (χ2v) is 8.78. The highest BCUT2D eigenvalue weighted by Gasteiger charge is 2.25. The average Bonchev–Trinajstić information content (AvgIpc) is 3.33. The second-order valence-electron chi connectivity index (χ2n) is 8.78. The summed E-state index contributed by atoms with van der Waals surface area (Å²) in [6, 6.07) is 33.3. The number of nitrogens with one attached hydrogen (secondary N) is 1. The molecule has 5 aromatic rings. The summed E-state index contributed by atoms with van der Waals surface area (Å²) in [5.74, 6) is -1.62. The van der Waals surface area contributed by atoms with Gasteiger partial charge in [-0.2, -0.15) is 0 Å². The van der Waals surface area contributed by atoms with Crippen LogP contribution in [-0.4, -0.2) is 33.9 Å². The summed E-state index contributed by atoms with van der Waals surface area (Å²) < 4.78 is 1.72. The smallest absolute Gasteiger partial charge is 0.298 e. The molecule has 1 N–H and O–H groups in total. The number of carbonyl (C=O) groups excluding carboxylic acids is 3. The fraction of sp³-hybridized carbons (Fsp3) is 0.0645. The van der Waals surface area contributed by atoms with Gasteiger partial charge in [-0.1, -0.05) is 72.8 Å². The number of carbonyl (C=O) groups is 3. The normalized spacial score (nSPS) is 10.7. The van der Waals surface area contributed by atoms with Gasteiger partial charge >= 0.3 is 0 Å². The first kappa shape index (κ1) is 23.8. The third-order valence-electron chi connectivity index (χ3n) is 6.16. The Bertz CT molecular complexity index is 1590. The highest BCUT2D eigenvalue weighted by Crippen LogP contribution is 2.28. The first-order valence-electron chi connectivity index (χ1n) is 11.9. The maximum absolute atomic E-state index is 13.4. The molecular formula is C31H25N3O3. The molecule has 0 radical (unpaired) electrons. The standard InChI is InChI=1S/C31H25N3O3/c1-33(21-22-11-4-2-5-12-22)31(37)24-15-10-16-25(19-24)32-30(36)29(35)28-27(23-13-6-3-7-14-23)20-26-17-8-9-18-34(26)28/h2-20H,21H2,1H3,(H,32,36). The Hall–Kier alpha value is -4.97. The van der Waals surface area contributed by atoms with Crippen molar-refractivity contribution in [1.82, 2.24) is 9.30 Å². The van der Waals surface area contributed by atoms with Gasteiger partial charge in [-0.25, -0.2) is 0 Å². The number of fused-ring (bicyclic) bond motifs is 1. The Morgan fingerprint density at radius 2 is 1.49 bits per heavy atom. The molecule has 2 amide bonds. The third kappa shape index (κ3) is 5.04. The van der Waals surface area contributed by atoms with E-state index in [-0.39, 0.29) is 11.6 Å². The molecule has 0 bridgehead atoms. The topological polar surface area (TPSA) is 70.9 Å². The lowest BCUT2D eigenvalue weighted by Gasteiger charge is -2.18. The van der Waals surface area contributed by atoms with Crippen LogP contribution in [-0.2, 0) is 11.3 Å². The van der Waals surface area contributed by atoms with Crippen LogP contribution in [0.3, 0.4) is 0 Å². The van der Waals surface area contributed by atoms with Crippen molar-refractivity contribution >= 4 is 28.8 Å². The Morgan fingerprint density at radius 3 is 2.24 bits per heavy atom. The molecule has 5 rings (SSSR count). The number of rotatable bonds is 7. The van der Waals surface area contributed by atoms with Crippen LogP contribution < -0.4 is 5.32 Å². The number of benzene rings is 3. The zero-order chi connectivity index (χ0) is 25.8. The van der Waals surface area contributed by atoms with Crippen molar-refractivity contribution in [1.29, 1.82) is 0 Å². The third-order valence-corrected chi connectivity index (χ3v) is 6.16. The lowest BCUT2D eigenvalue weighted by Crippen LogP contribution is -2.27. The van der Waals surface area contributed by atoms with Gasteiger partial charge in [0.15, 0.2) is 0 Å². The lowest BCUT2D eigenvalue weighted by atomic mass is 10.0. The molecule has 0 saturated heterocycles. The van der Waals surface area contributed by atoms with Gasteiger partial charge in [0.05, 0.1) is 0 Å². The molecule has 37 heavy (non-hydrogen) atoms. The molecule has 6 heteroatoms. The number of pyridine rings is 1. The van der Waals surface area contributed by atoms with E-state index in [2.05, 4.69) is 5.32 Å². The van der Waals surface area contributed by atoms with Gasteiger partial charge in [-0.05, 0) is 47.5 Å². The van der Waals surface area contributed by atoms with Crippen LogP contribution in [0.4, 0.5) is 5.69 Å². The minimum atomic E-state index is -0.775. The number of hydrogen-bond acceptors (Lipinski definition) is 3. The predicted octanol–water partition coefficient (Wildman–Crippen LogP) is 5.70. The summed E-state index contributed by atoms with van der Waals surface area (Å²) in [5, 5.41) is 2.68. The van der Waals surface area contributed by atoms with Crippen molar-refractivity contribution < 1.29 is 14.4 Å². The molecule has 3 aromatic carbocycles. The molecule has 0 aliphatic carbocycles. The number of aromatic nitrogens is 1. The van der Waals surface area contributed by atoms with E-state index in [1.165, 1.54) is 0 Å². The van der Waals surface area contributed by atoms with Gasteiger partial charge in [-0.3, -0.25) is 14.4 Å². The maximum Gasteiger partial charge on any atom is 0.298 e. The first-order chi connectivity index (χ1) is 18.0. The van der Waals surface area contributed by atoms with E-state index in [1.54, 1.807) is 46.8 Å². The van der Waals surface area contributed by atoms with Gasteiger partial charge in [0, 0.05) is 42.1 Å². The summed E-state index contributed by atoms with van der Waals surface area (Å²) >= 11 is 0. The minimum Gasteiger partial charge on any atom is -0.337 e. The Kier molecular flexibility index (Phi) is 6.64. The Morgan fingerprint density at radius 1 is 0.784 bits per heavy atom. The number of hydrogen-bond donors (Lipinski definition) is 1. The summed E-state index contributed by atoms with van der Waals surface area (Å²) in [5.41, 5.74) is 4.43. The van der Waals surface area contributed by atoms with Gasteiger partial charge < -0.3 is 14.6 Å². The van der Waals surface area contributed by atoms with E-state index in [4.69, 9.17) is 0 Å². The molecule has 6 nitrogen and oxygen atoms in total. The molecule has 0 fully saturated rings. The molecule has 0 aliphatic heterocycles. The van der Waals surface area contributed by atoms with E-state index in [1.807, 2.05) is 84.9 Å². The van der Waals surface area contributed by atoms with Crippen LogP contribution in [0.2, 0.25) is 0 Å². The van der Waals surface area contributed by atoms with E-state index in [9.17, 15) is 14.4 Å². The molecule has 0 atom stereocenters. The first-order valence-corrected chi connectivity index (χ1v) is 11.9. The monoisotopic (exact) mass is 487 g/mol. The largest absolute Gasteiger partial charge is 0.337 e. The van der Waals surface area contributed by atoms with Crippen molar-refractivity contribution in [2.45, 2.75) is 6.54 Å². The molecule has 2 heterocycles. The SMILES string of the molecule is CN(Cc1ccccc1)C(=O)c1cccc(NC(=O)C(=O)c2c(-c3ccccc3)cc3ccccn23)c1. The fourth-order valence-corrected chi connectivity index (χ4v) is 4.37. The highest BCUT2D eigenvalue weighted by atomic mass is 16.2. The Balaban J connectivity index is 1.38. The quantitative estimate of drug-likeness (QED) is 0.236. The average molecular weight is 488 g/mol. The summed E-state index contributed by atoms with van der Waals surface area (Å²) in [6.45, 7) is 0.457. The molecule has 0 saturated carbocycles. The van der Waals surface area contributed by atoms with Crippen LogP contribution in [0.15, 0.2) is 115 Å². The molecule has 0 aliphatic rings. The van der Waals surface area contributed by atoms with Crippen LogP contribution >= 0.6 is 0 Å². The molecule has 0 spiro atoms. The van der Waals surface area contributed by atoms with E-state index >= 15 is 0 Å². The van der Waals surface area contributed by atoms with Crippen molar-refractivity contribution in [3.8, 4) is 11.1 Å². The van der Waals surface area contributed by atoms with E-state index < -0.39 is 11.7 Å². The number of amides is 2. The van der Waals surface area contributed by atoms with Crippen molar-refractivity contribution in [2.75, 3.05) is 12.4 Å². The molecule has 182 valence electrons. The molecule has 0 unspecified atom stereocenters. The van der Waals surface area contributed by atoms with Gasteiger partial charge in [0.2, 0.25) is 0 Å². The van der Waals surface area contributed by atoms with E-state index in [0.29, 0.717) is 23.4 Å². The van der Waals surface area contributed by atoms with Crippen molar-refractivity contribution in [3.63, 3.8) is 0 Å². The fourth-order valence-electron chi connectivity index (χ4n) is 4.37. The zero-order valence-corrected chi connectivity index (χ0v) is 20.3. The van der Waals surface area contributed by atoms with Gasteiger partial charge in [0.25, 0.3) is 17.6 Å². The van der Waals surface area contributed by atoms with Crippen LogP contribution in [0.5, 0.6) is 0 Å². The van der Waals surface area contributed by atoms with Crippen LogP contribution in [0.25, 0.3) is 16.6 Å². The lowest BCUT2D eigenvalue weighted by molar-refractivity contribution is -0.112. The summed E-state index contributed by atoms with van der Waals surface area (Å²) in [6.07, 6.45) is 1.77. The van der Waals surface area contributed by atoms with Gasteiger partial charge in [0.1, 0.15) is 5.69 Å². The summed E-state index contributed by atoms with van der Waals surface area (Å²) in [4.78, 5) is 41.2. The molecule has 2 aromatic heterocycles. The van der Waals surface area contributed by atoms with Crippen LogP contribution in [0.1, 0.15) is 26.4 Å². The van der Waals surface area contributed by atoms with Crippen LogP contribution in [0, 0.1) is 0 Å². The number of ketones is 1. The highest BCUT2D eigenvalue weighted by molar-refractivity contribution is 6.47. The number of nitrogens with zero attached hydrogens (tertiary/aromatic N) is 2. The Labute approximate surface area is 214 Å². The number of anilines is 1. The number of Topliss-reactive ketones (excluding diaryl/α,β-unsaturated/α-hetero) is 1. The second kappa shape index (κ2) is 10.3. The molecular weight excluding hydrogens is 462 g/mol. The van der Waals surface area contributed by atoms with Crippen molar-refractivity contribution in [2.24, 2.45) is 0 Å². The predicted molar refractivity (Wildman–Crippen MR) is 144 cm³/mol. The maximum atomic E-state index is 13.4. The van der Waals surface area contributed by atoms with E-state index in [0.717, 1.165) is 16.6 Å². The zero-order valence-electron chi connectivity index (χ0n) is 20.3. The van der Waals surface area contributed by atoms with Gasteiger partial charge in [-0.15, -0.1) is 0 Å². The van der Waals surface area contributed by atoms with Crippen molar-refractivity contribution in [3.05, 3.63) is 132 Å². The minimum absolute atomic E-state index is 0.185.